The molecule has 0 aromatic heterocycles. The number of nitrogens with one attached hydrogen (secondary N) is 2. The lowest BCUT2D eigenvalue weighted by Crippen LogP contribution is -2.47. The average molecular weight is 186 g/mol. The van der Waals surface area contributed by atoms with Gasteiger partial charge in [0.25, 0.3) is 0 Å². The van der Waals surface area contributed by atoms with Crippen molar-refractivity contribution >= 4 is 11.9 Å². The number of carbonyl (C=O) groups is 1. The number of hydrogen-bond donors (Lipinski definition) is 3. The minimum atomic E-state index is -0.333. The van der Waals surface area contributed by atoms with Gasteiger partial charge in [0.2, 0.25) is 0 Å². The number of nitrogens with zero attached hydrogens (tertiary/aromatic N) is 1. The molecule has 13 heavy (non-hydrogen) atoms. The van der Waals surface area contributed by atoms with E-state index in [0.717, 1.165) is 6.42 Å². The fraction of sp³-hybridized carbons (Fsp3) is 0.750. The van der Waals surface area contributed by atoms with Crippen LogP contribution in [0.5, 0.6) is 0 Å². The highest BCUT2D eigenvalue weighted by atomic mass is 16.2. The van der Waals surface area contributed by atoms with Gasteiger partial charge in [-0.1, -0.05) is 13.3 Å². The van der Waals surface area contributed by atoms with E-state index in [1.165, 1.54) is 4.90 Å². The van der Waals surface area contributed by atoms with Crippen LogP contribution in [0.3, 0.4) is 0 Å². The quantitative estimate of drug-likeness (QED) is 0.437. The van der Waals surface area contributed by atoms with Crippen molar-refractivity contribution in [2.24, 2.45) is 5.73 Å². The van der Waals surface area contributed by atoms with Crippen molar-refractivity contribution in [3.8, 4) is 0 Å². The van der Waals surface area contributed by atoms with E-state index in [4.69, 9.17) is 11.1 Å². The zero-order valence-corrected chi connectivity index (χ0v) is 8.42. The first-order valence-corrected chi connectivity index (χ1v) is 4.30. The summed E-state index contributed by atoms with van der Waals surface area (Å²) in [6.45, 7) is 1.98. The maximum atomic E-state index is 11.2. The molecule has 0 fully saturated rings. The van der Waals surface area contributed by atoms with Gasteiger partial charge in [0.15, 0.2) is 0 Å². The van der Waals surface area contributed by atoms with E-state index in [2.05, 4.69) is 5.32 Å². The molecule has 0 aliphatic heterocycles. The van der Waals surface area contributed by atoms with Gasteiger partial charge in [0, 0.05) is 14.1 Å². The highest BCUT2D eigenvalue weighted by Crippen LogP contribution is 1.96. The second-order valence-corrected chi connectivity index (χ2v) is 3.14. The number of urea groups is 1. The molecular weight excluding hydrogens is 168 g/mol. The molecule has 0 aromatic rings. The van der Waals surface area contributed by atoms with E-state index in [0.29, 0.717) is 6.42 Å². The number of rotatable bonds is 4. The Kier molecular flexibility index (Phi) is 4.87. The molecule has 0 radical (unpaired) electrons. The summed E-state index contributed by atoms with van der Waals surface area (Å²) in [6.07, 6.45) is 1.59. The average Bonchev–Trinajstić information content (AvgIpc) is 2.03. The molecule has 1 unspecified atom stereocenters. The maximum Gasteiger partial charge on any atom is 0.317 e. The molecular formula is C8H18N4O. The Labute approximate surface area is 78.8 Å². The lowest BCUT2D eigenvalue weighted by Gasteiger charge is -2.19. The molecule has 0 saturated heterocycles. The summed E-state index contributed by atoms with van der Waals surface area (Å²) in [5.74, 6) is 0.0112. The SMILES string of the molecule is CCCC(NC(=O)N(C)C)C(=N)N. The molecule has 0 saturated carbocycles. The van der Waals surface area contributed by atoms with E-state index >= 15 is 0 Å². The van der Waals surface area contributed by atoms with E-state index in [-0.39, 0.29) is 17.9 Å². The van der Waals surface area contributed by atoms with Crippen molar-refractivity contribution in [2.45, 2.75) is 25.8 Å². The standard InChI is InChI=1S/C8H18N4O/c1-4-5-6(7(9)10)11-8(13)12(2)3/h6H,4-5H2,1-3H3,(H3,9,10)(H,11,13). The molecule has 0 aliphatic carbocycles. The minimum absolute atomic E-state index is 0.0112. The predicted octanol–water partition coefficient (Wildman–Crippen LogP) is 0.362. The zero-order valence-electron chi connectivity index (χ0n) is 8.42. The number of nitrogens with two attached hydrogens (primary N) is 1. The Morgan fingerprint density at radius 1 is 1.62 bits per heavy atom. The molecule has 5 heteroatoms. The normalized spacial score (nSPS) is 11.9. The molecule has 0 spiro atoms. The van der Waals surface area contributed by atoms with Crippen molar-refractivity contribution in [1.29, 1.82) is 5.41 Å². The van der Waals surface area contributed by atoms with Crippen LogP contribution in [-0.2, 0) is 0 Å². The van der Waals surface area contributed by atoms with Crippen LogP contribution in [0.2, 0.25) is 0 Å². The molecule has 5 nitrogen and oxygen atoms in total. The van der Waals surface area contributed by atoms with Crippen LogP contribution in [-0.4, -0.2) is 36.9 Å². The second kappa shape index (κ2) is 5.40. The van der Waals surface area contributed by atoms with E-state index in [1.807, 2.05) is 6.92 Å². The van der Waals surface area contributed by atoms with Crippen LogP contribution in [0, 0.1) is 5.41 Å². The van der Waals surface area contributed by atoms with Gasteiger partial charge in [-0.15, -0.1) is 0 Å². The molecule has 1 atom stereocenters. The largest absolute Gasteiger partial charge is 0.386 e. The van der Waals surface area contributed by atoms with Crippen molar-refractivity contribution < 1.29 is 4.79 Å². The van der Waals surface area contributed by atoms with Gasteiger partial charge in [0.05, 0.1) is 6.04 Å². The van der Waals surface area contributed by atoms with Crippen molar-refractivity contribution in [3.63, 3.8) is 0 Å². The maximum absolute atomic E-state index is 11.2. The molecule has 0 aromatic carbocycles. The summed E-state index contributed by atoms with van der Waals surface area (Å²) >= 11 is 0. The first-order valence-electron chi connectivity index (χ1n) is 4.30. The van der Waals surface area contributed by atoms with Gasteiger partial charge in [-0.05, 0) is 6.42 Å². The molecule has 76 valence electrons. The monoisotopic (exact) mass is 186 g/mol. The molecule has 0 rings (SSSR count). The number of amidine groups is 1. The summed E-state index contributed by atoms with van der Waals surface area (Å²) < 4.78 is 0. The lowest BCUT2D eigenvalue weighted by molar-refractivity contribution is 0.215. The Balaban J connectivity index is 4.10. The summed E-state index contributed by atoms with van der Waals surface area (Å²) in [6, 6.07) is -0.548. The van der Waals surface area contributed by atoms with Crippen LogP contribution in [0.25, 0.3) is 0 Å². The zero-order chi connectivity index (χ0) is 10.4. The fourth-order valence-corrected chi connectivity index (χ4v) is 0.872. The Hall–Kier alpha value is -1.26. The van der Waals surface area contributed by atoms with Gasteiger partial charge in [-0.3, -0.25) is 5.41 Å². The smallest absolute Gasteiger partial charge is 0.317 e. The summed E-state index contributed by atoms with van der Waals surface area (Å²) in [7, 11) is 3.30. The second-order valence-electron chi connectivity index (χ2n) is 3.14. The van der Waals surface area contributed by atoms with Crippen LogP contribution >= 0.6 is 0 Å². The van der Waals surface area contributed by atoms with Crippen molar-refractivity contribution in [2.75, 3.05) is 14.1 Å². The van der Waals surface area contributed by atoms with Gasteiger partial charge in [-0.2, -0.15) is 0 Å². The molecule has 0 heterocycles. The number of carbonyl (C=O) groups excluding carboxylic acids is 1. The van der Waals surface area contributed by atoms with Gasteiger partial charge in [0.1, 0.15) is 5.84 Å². The molecule has 4 N–H and O–H groups in total. The Morgan fingerprint density at radius 3 is 2.46 bits per heavy atom. The van der Waals surface area contributed by atoms with Crippen LogP contribution in [0.1, 0.15) is 19.8 Å². The van der Waals surface area contributed by atoms with E-state index < -0.39 is 0 Å². The van der Waals surface area contributed by atoms with Gasteiger partial charge >= 0.3 is 6.03 Å². The van der Waals surface area contributed by atoms with Crippen LogP contribution in [0.4, 0.5) is 4.79 Å². The lowest BCUT2D eigenvalue weighted by atomic mass is 10.1. The summed E-state index contributed by atoms with van der Waals surface area (Å²) in [4.78, 5) is 12.6. The Morgan fingerprint density at radius 2 is 2.15 bits per heavy atom. The molecule has 0 bridgehead atoms. The van der Waals surface area contributed by atoms with Gasteiger partial charge in [-0.25, -0.2) is 4.79 Å². The number of hydrogen-bond acceptors (Lipinski definition) is 2. The van der Waals surface area contributed by atoms with E-state index in [1.54, 1.807) is 14.1 Å². The third-order valence-corrected chi connectivity index (χ3v) is 1.66. The highest BCUT2D eigenvalue weighted by molar-refractivity contribution is 5.87. The van der Waals surface area contributed by atoms with Crippen LogP contribution in [0.15, 0.2) is 0 Å². The minimum Gasteiger partial charge on any atom is -0.386 e. The number of amides is 2. The third kappa shape index (κ3) is 4.35. The first-order chi connectivity index (χ1) is 5.99. The topological polar surface area (TPSA) is 82.2 Å². The summed E-state index contributed by atoms with van der Waals surface area (Å²) in [5, 5.41) is 9.89. The first kappa shape index (κ1) is 11.7. The molecule has 2 amide bonds. The fourth-order valence-electron chi connectivity index (χ4n) is 0.872. The Bertz CT molecular complexity index is 191. The predicted molar refractivity (Wildman–Crippen MR) is 52.8 cm³/mol. The van der Waals surface area contributed by atoms with Crippen molar-refractivity contribution in [3.05, 3.63) is 0 Å². The van der Waals surface area contributed by atoms with Crippen molar-refractivity contribution in [1.82, 2.24) is 10.2 Å². The van der Waals surface area contributed by atoms with Crippen LogP contribution < -0.4 is 11.1 Å². The summed E-state index contributed by atoms with van der Waals surface area (Å²) in [5.41, 5.74) is 5.32. The van der Waals surface area contributed by atoms with E-state index in [9.17, 15) is 4.79 Å². The highest BCUT2D eigenvalue weighted by Gasteiger charge is 2.14. The third-order valence-electron chi connectivity index (χ3n) is 1.66. The molecule has 0 aliphatic rings. The van der Waals surface area contributed by atoms with Gasteiger partial charge < -0.3 is 16.0 Å².